The largest absolute Gasteiger partial charge is 0.357 e. The van der Waals surface area contributed by atoms with E-state index in [1.807, 2.05) is 12.1 Å². The Hall–Kier alpha value is -0.280. The Morgan fingerprint density at radius 3 is 2.44 bits per heavy atom. The number of hydrogen-bond donors (Lipinski definition) is 2. The fourth-order valence-electron chi connectivity index (χ4n) is 3.05. The highest BCUT2D eigenvalue weighted by Crippen LogP contribution is 2.21. The molecule has 2 N–H and O–H groups in total. The Morgan fingerprint density at radius 1 is 1.15 bits per heavy atom. The number of aliphatic imine (C=N–C) groups is 1. The van der Waals surface area contributed by atoms with E-state index in [0.29, 0.717) is 22.6 Å². The number of hydrogen-bond acceptors (Lipinski definition) is 3. The molecule has 0 radical (unpaired) electrons. The molecule has 2 rings (SSSR count). The minimum Gasteiger partial charge on any atom is -0.357 e. The van der Waals surface area contributed by atoms with Crippen molar-refractivity contribution in [1.29, 1.82) is 0 Å². The summed E-state index contributed by atoms with van der Waals surface area (Å²) in [5.41, 5.74) is 0.969. The van der Waals surface area contributed by atoms with Crippen LogP contribution in [0.1, 0.15) is 26.3 Å². The summed E-state index contributed by atoms with van der Waals surface area (Å²) >= 11 is 12.2. The van der Waals surface area contributed by atoms with Gasteiger partial charge in [-0.05, 0) is 38.1 Å². The van der Waals surface area contributed by atoms with Crippen molar-refractivity contribution in [1.82, 2.24) is 20.4 Å². The first-order chi connectivity index (χ1) is 12.5. The van der Waals surface area contributed by atoms with Crippen molar-refractivity contribution in [2.75, 3.05) is 45.8 Å². The van der Waals surface area contributed by atoms with Crippen molar-refractivity contribution in [3.05, 3.63) is 33.8 Å². The summed E-state index contributed by atoms with van der Waals surface area (Å²) in [6, 6.07) is 5.99. The molecule has 8 heteroatoms. The highest BCUT2D eigenvalue weighted by atomic mass is 127. The quantitative estimate of drug-likeness (QED) is 0.322. The van der Waals surface area contributed by atoms with E-state index in [1.54, 1.807) is 6.07 Å². The number of guanidine groups is 1. The van der Waals surface area contributed by atoms with E-state index in [9.17, 15) is 0 Å². The second-order valence-electron chi connectivity index (χ2n) is 6.63. The van der Waals surface area contributed by atoms with Crippen molar-refractivity contribution in [3.8, 4) is 0 Å². The van der Waals surface area contributed by atoms with Crippen LogP contribution in [-0.2, 0) is 6.54 Å². The van der Waals surface area contributed by atoms with Gasteiger partial charge in [-0.2, -0.15) is 0 Å². The number of piperazine rings is 1. The molecular formula is C19H32Cl2IN5. The van der Waals surface area contributed by atoms with Crippen LogP contribution in [0.25, 0.3) is 0 Å². The molecule has 1 heterocycles. The van der Waals surface area contributed by atoms with Crippen LogP contribution in [0, 0.1) is 0 Å². The average Bonchev–Trinajstić information content (AvgIpc) is 2.65. The lowest BCUT2D eigenvalue weighted by atomic mass is 10.2. The fraction of sp³-hybridized carbons (Fsp3) is 0.632. The van der Waals surface area contributed by atoms with E-state index >= 15 is 0 Å². The molecule has 0 saturated carbocycles. The van der Waals surface area contributed by atoms with Gasteiger partial charge < -0.3 is 15.5 Å². The van der Waals surface area contributed by atoms with Crippen LogP contribution in [-0.4, -0.2) is 67.6 Å². The van der Waals surface area contributed by atoms with Crippen LogP contribution in [0.4, 0.5) is 0 Å². The maximum atomic E-state index is 6.24. The Morgan fingerprint density at radius 2 is 1.85 bits per heavy atom. The Bertz CT molecular complexity index is 591. The lowest BCUT2D eigenvalue weighted by Crippen LogP contribution is -2.53. The summed E-state index contributed by atoms with van der Waals surface area (Å²) in [5, 5.41) is 8.06. The van der Waals surface area contributed by atoms with Gasteiger partial charge >= 0.3 is 0 Å². The van der Waals surface area contributed by atoms with Crippen molar-refractivity contribution >= 4 is 53.1 Å². The number of likely N-dealkylation sites (N-methyl/N-ethyl adjacent to an activating group) is 1. The predicted octanol–water partition coefficient (Wildman–Crippen LogP) is 3.69. The molecule has 0 aromatic heterocycles. The van der Waals surface area contributed by atoms with Gasteiger partial charge in [-0.1, -0.05) is 36.2 Å². The number of rotatable bonds is 7. The molecule has 1 aromatic rings. The van der Waals surface area contributed by atoms with Gasteiger partial charge in [0.05, 0.1) is 6.54 Å². The zero-order valence-corrected chi connectivity index (χ0v) is 20.3. The van der Waals surface area contributed by atoms with Gasteiger partial charge in [0, 0.05) is 55.4 Å². The number of halogens is 3. The Kier molecular flexibility index (Phi) is 12.0. The van der Waals surface area contributed by atoms with Crippen molar-refractivity contribution in [2.45, 2.75) is 33.4 Å². The molecule has 5 nitrogen and oxygen atoms in total. The molecule has 0 spiro atoms. The van der Waals surface area contributed by atoms with E-state index in [0.717, 1.165) is 57.3 Å². The molecular weight excluding hydrogens is 496 g/mol. The van der Waals surface area contributed by atoms with Gasteiger partial charge in [0.15, 0.2) is 5.96 Å². The summed E-state index contributed by atoms with van der Waals surface area (Å²) in [6.45, 7) is 14.5. The topological polar surface area (TPSA) is 42.9 Å². The van der Waals surface area contributed by atoms with Gasteiger partial charge in [0.2, 0.25) is 0 Å². The van der Waals surface area contributed by atoms with Crippen LogP contribution >= 0.6 is 47.2 Å². The first kappa shape index (κ1) is 24.8. The van der Waals surface area contributed by atoms with Gasteiger partial charge in [-0.25, -0.2) is 4.99 Å². The van der Waals surface area contributed by atoms with E-state index in [1.165, 1.54) is 0 Å². The van der Waals surface area contributed by atoms with Crippen molar-refractivity contribution in [2.24, 2.45) is 4.99 Å². The maximum Gasteiger partial charge on any atom is 0.191 e. The second kappa shape index (κ2) is 13.0. The summed E-state index contributed by atoms with van der Waals surface area (Å²) in [6.07, 6.45) is 0. The summed E-state index contributed by atoms with van der Waals surface area (Å²) in [5.74, 6) is 0.817. The molecule has 0 amide bonds. The highest BCUT2D eigenvalue weighted by molar-refractivity contribution is 14.0. The molecule has 1 aromatic carbocycles. The molecule has 1 unspecified atom stereocenters. The first-order valence-electron chi connectivity index (χ1n) is 9.46. The molecule has 0 aliphatic carbocycles. The van der Waals surface area contributed by atoms with Crippen molar-refractivity contribution < 1.29 is 0 Å². The van der Waals surface area contributed by atoms with Gasteiger partial charge in [0.25, 0.3) is 0 Å². The fourth-order valence-corrected chi connectivity index (χ4v) is 3.52. The zero-order chi connectivity index (χ0) is 18.9. The average molecular weight is 528 g/mol. The summed E-state index contributed by atoms with van der Waals surface area (Å²) < 4.78 is 0. The summed E-state index contributed by atoms with van der Waals surface area (Å²) in [4.78, 5) is 9.70. The molecule has 1 aliphatic heterocycles. The molecule has 1 fully saturated rings. The zero-order valence-electron chi connectivity index (χ0n) is 16.5. The van der Waals surface area contributed by atoms with Gasteiger partial charge in [0.1, 0.15) is 0 Å². The normalized spacial score (nSPS) is 17.3. The molecule has 1 aliphatic rings. The number of nitrogens with one attached hydrogen (secondary N) is 2. The Labute approximate surface area is 190 Å². The van der Waals surface area contributed by atoms with Crippen LogP contribution in [0.15, 0.2) is 23.2 Å². The van der Waals surface area contributed by atoms with Gasteiger partial charge in [-0.15, -0.1) is 24.0 Å². The maximum absolute atomic E-state index is 6.24. The minimum atomic E-state index is 0. The third-order valence-electron chi connectivity index (χ3n) is 4.81. The smallest absolute Gasteiger partial charge is 0.191 e. The van der Waals surface area contributed by atoms with E-state index in [-0.39, 0.29) is 24.0 Å². The van der Waals surface area contributed by atoms with E-state index in [4.69, 9.17) is 23.2 Å². The lowest BCUT2D eigenvalue weighted by Gasteiger charge is -2.37. The molecule has 0 bridgehead atoms. The van der Waals surface area contributed by atoms with E-state index < -0.39 is 0 Å². The lowest BCUT2D eigenvalue weighted by molar-refractivity contribution is 0.107. The third-order valence-corrected chi connectivity index (χ3v) is 5.40. The molecule has 1 atom stereocenters. The van der Waals surface area contributed by atoms with Gasteiger partial charge in [-0.3, -0.25) is 4.90 Å². The van der Waals surface area contributed by atoms with Crippen molar-refractivity contribution in [3.63, 3.8) is 0 Å². The van der Waals surface area contributed by atoms with Crippen LogP contribution in [0.2, 0.25) is 10.0 Å². The molecule has 27 heavy (non-hydrogen) atoms. The minimum absolute atomic E-state index is 0. The SMILES string of the molecule is CCNC(=NCc1ccc(Cl)cc1Cl)NCC(C)N1CCN(CC)CC1.I. The van der Waals surface area contributed by atoms with E-state index in [2.05, 4.69) is 46.2 Å². The van der Waals surface area contributed by atoms with Crippen LogP contribution in [0.5, 0.6) is 0 Å². The molecule has 1 saturated heterocycles. The standard InChI is InChI=1S/C19H31Cl2N5.HI/c1-4-22-19(24-14-16-6-7-17(20)12-18(16)21)23-13-15(3)26-10-8-25(5-2)9-11-26;/h6-7,12,15H,4-5,8-11,13-14H2,1-3H3,(H2,22,23,24);1H. The van der Waals surface area contributed by atoms with Crippen LogP contribution in [0.3, 0.4) is 0 Å². The Balaban J connectivity index is 0.00000364. The number of benzene rings is 1. The molecule has 154 valence electrons. The predicted molar refractivity (Wildman–Crippen MR) is 128 cm³/mol. The monoisotopic (exact) mass is 527 g/mol. The second-order valence-corrected chi connectivity index (χ2v) is 7.47. The highest BCUT2D eigenvalue weighted by Gasteiger charge is 2.20. The third kappa shape index (κ3) is 8.31. The van der Waals surface area contributed by atoms with Crippen LogP contribution < -0.4 is 10.6 Å². The number of nitrogens with zero attached hydrogens (tertiary/aromatic N) is 3. The first-order valence-corrected chi connectivity index (χ1v) is 10.2. The summed E-state index contributed by atoms with van der Waals surface area (Å²) in [7, 11) is 0.